The fourth-order valence-corrected chi connectivity index (χ4v) is 2.78. The van der Waals surface area contributed by atoms with Gasteiger partial charge in [0, 0.05) is 0 Å². The van der Waals surface area contributed by atoms with E-state index in [0.29, 0.717) is 12.1 Å². The van der Waals surface area contributed by atoms with E-state index >= 15 is 0 Å². The van der Waals surface area contributed by atoms with Gasteiger partial charge in [0.15, 0.2) is 0 Å². The molecule has 0 bridgehead atoms. The summed E-state index contributed by atoms with van der Waals surface area (Å²) in [6.07, 6.45) is 0. The molecule has 0 amide bonds. The van der Waals surface area contributed by atoms with Crippen LogP contribution in [0.2, 0.25) is 0 Å². The van der Waals surface area contributed by atoms with E-state index < -0.39 is 11.2 Å². The second kappa shape index (κ2) is 2.12. The molecule has 2 rings (SSSR count). The molecule has 2 N–H and O–H groups in total. The smallest absolute Gasteiger partial charge is 0.141 e. The zero-order valence-corrected chi connectivity index (χ0v) is 5.70. The Kier molecular flexibility index (Phi) is 1.41. The van der Waals surface area contributed by atoms with Crippen molar-refractivity contribution in [1.29, 1.82) is 0 Å². The van der Waals surface area contributed by atoms with Crippen LogP contribution in [0.5, 0.6) is 0 Å². The van der Waals surface area contributed by atoms with Crippen molar-refractivity contribution >= 4 is 11.2 Å². The molecular formula is C5H8N2OS. The summed E-state index contributed by atoms with van der Waals surface area (Å²) in [6.45, 7) is 2.81. The maximum absolute atomic E-state index is 10.9. The molecule has 0 aromatic carbocycles. The van der Waals surface area contributed by atoms with Crippen LogP contribution in [-0.2, 0) is 11.2 Å². The molecule has 2 unspecified atom stereocenters. The molecule has 4 heteroatoms. The topological polar surface area (TPSA) is 47.1 Å². The summed E-state index contributed by atoms with van der Waals surface area (Å²) in [7, 11) is 0. The highest BCUT2D eigenvalue weighted by molar-refractivity contribution is 7.91. The average molecular weight is 144 g/mol. The monoisotopic (exact) mass is 144 g/mol. The van der Waals surface area contributed by atoms with Gasteiger partial charge in [0.25, 0.3) is 0 Å². The maximum atomic E-state index is 10.9. The van der Waals surface area contributed by atoms with Gasteiger partial charge < -0.3 is 4.55 Å². The molecule has 9 heavy (non-hydrogen) atoms. The van der Waals surface area contributed by atoms with Crippen molar-refractivity contribution in [2.24, 2.45) is 0 Å². The first-order valence-electron chi connectivity index (χ1n) is 2.97. The summed E-state index contributed by atoms with van der Waals surface area (Å²) in [5.74, 6) is 1.56. The van der Waals surface area contributed by atoms with Gasteiger partial charge in [-0.05, 0) is 0 Å². The Labute approximate surface area is 57.4 Å². The zero-order valence-electron chi connectivity index (χ0n) is 4.89. The van der Waals surface area contributed by atoms with Gasteiger partial charge in [-0.3, -0.25) is 10.6 Å². The van der Waals surface area contributed by atoms with Crippen LogP contribution in [0.15, 0.2) is 0 Å². The molecule has 2 heterocycles. The Hall–Kier alpha value is 0.230. The van der Waals surface area contributed by atoms with Crippen molar-refractivity contribution in [3.05, 3.63) is 6.67 Å². The van der Waals surface area contributed by atoms with E-state index in [0.717, 1.165) is 11.5 Å². The van der Waals surface area contributed by atoms with Crippen LogP contribution in [0.4, 0.5) is 0 Å². The summed E-state index contributed by atoms with van der Waals surface area (Å²) >= 11 is -0.597. The van der Waals surface area contributed by atoms with Crippen LogP contribution in [-0.4, -0.2) is 28.1 Å². The van der Waals surface area contributed by atoms with E-state index in [1.165, 1.54) is 0 Å². The third kappa shape index (κ3) is 0.961. The number of nitrogens with one attached hydrogen (secondary N) is 2. The summed E-state index contributed by atoms with van der Waals surface area (Å²) in [5.41, 5.74) is 0. The lowest BCUT2D eigenvalue weighted by molar-refractivity contribution is 0.597. The summed E-state index contributed by atoms with van der Waals surface area (Å²) in [6, 6.07) is 0.761. The van der Waals surface area contributed by atoms with E-state index in [4.69, 9.17) is 0 Å². The first kappa shape index (κ1) is 5.97. The van der Waals surface area contributed by atoms with Crippen LogP contribution in [0.25, 0.3) is 0 Å². The van der Waals surface area contributed by atoms with Crippen molar-refractivity contribution in [3.8, 4) is 0 Å². The molecule has 0 aromatic heterocycles. The fraction of sp³-hybridized carbons (Fsp3) is 0.800. The largest absolute Gasteiger partial charge is 0.616 e. The zero-order chi connectivity index (χ0) is 6.27. The Morgan fingerprint density at radius 2 is 1.89 bits per heavy atom. The van der Waals surface area contributed by atoms with Crippen LogP contribution < -0.4 is 10.6 Å². The summed E-state index contributed by atoms with van der Waals surface area (Å²) in [5, 5.41) is 5.99. The highest BCUT2D eigenvalue weighted by Crippen LogP contribution is 2.15. The first-order chi connectivity index (χ1) is 4.36. The van der Waals surface area contributed by atoms with Gasteiger partial charge >= 0.3 is 0 Å². The highest BCUT2D eigenvalue weighted by Gasteiger charge is 2.40. The number of hydrogen-bond acceptors (Lipinski definition) is 3. The average Bonchev–Trinajstić information content (AvgIpc) is 2.22. The Balaban J connectivity index is 2.02. The first-order valence-corrected chi connectivity index (χ1v) is 4.46. The molecule has 2 radical (unpaired) electrons. The minimum Gasteiger partial charge on any atom is -0.616 e. The van der Waals surface area contributed by atoms with Gasteiger partial charge in [0.05, 0.1) is 12.1 Å². The number of hydrogen-bond donors (Lipinski definition) is 2. The Morgan fingerprint density at radius 3 is 2.44 bits per heavy atom. The predicted octanol–water partition coefficient (Wildman–Crippen LogP) is -1.33. The lowest BCUT2D eigenvalue weighted by Gasteiger charge is -2.02. The van der Waals surface area contributed by atoms with Gasteiger partial charge in [-0.1, -0.05) is 11.2 Å². The number of fused-ring (bicyclic) bond motifs is 1. The SMILES string of the molecule is [O-][S+]1CC2N[C]NC2C1. The lowest BCUT2D eigenvalue weighted by atomic mass is 10.2. The second-order valence-electron chi connectivity index (χ2n) is 2.40. The van der Waals surface area contributed by atoms with E-state index in [9.17, 15) is 4.55 Å². The molecule has 2 atom stereocenters. The second-order valence-corrected chi connectivity index (χ2v) is 3.95. The molecule has 2 fully saturated rings. The molecule has 0 spiro atoms. The van der Waals surface area contributed by atoms with Gasteiger partial charge in [-0.15, -0.1) is 0 Å². The molecule has 0 aliphatic carbocycles. The predicted molar refractivity (Wildman–Crippen MR) is 35.0 cm³/mol. The van der Waals surface area contributed by atoms with Crippen LogP contribution in [0, 0.1) is 6.67 Å². The van der Waals surface area contributed by atoms with Gasteiger partial charge in [0.1, 0.15) is 18.2 Å². The fourth-order valence-electron chi connectivity index (χ4n) is 1.21. The molecule has 0 saturated carbocycles. The standard InChI is InChI=1S/C5H8N2OS/c8-9-1-4-5(2-9)7-3-6-4/h4-7H,1-2H2. The molecule has 2 saturated heterocycles. The van der Waals surface area contributed by atoms with Crippen LogP contribution >= 0.6 is 0 Å². The molecule has 3 nitrogen and oxygen atoms in total. The molecule has 50 valence electrons. The van der Waals surface area contributed by atoms with Gasteiger partial charge in [-0.2, -0.15) is 0 Å². The Bertz CT molecular complexity index is 110. The number of rotatable bonds is 0. The molecule has 2 aliphatic heterocycles. The van der Waals surface area contributed by atoms with E-state index in [1.807, 2.05) is 0 Å². The summed E-state index contributed by atoms with van der Waals surface area (Å²) < 4.78 is 10.9. The van der Waals surface area contributed by atoms with Crippen LogP contribution in [0.1, 0.15) is 0 Å². The van der Waals surface area contributed by atoms with Gasteiger partial charge in [-0.25, -0.2) is 0 Å². The van der Waals surface area contributed by atoms with E-state index in [2.05, 4.69) is 17.3 Å². The van der Waals surface area contributed by atoms with Crippen molar-refractivity contribution in [2.75, 3.05) is 11.5 Å². The highest BCUT2D eigenvalue weighted by atomic mass is 32.2. The lowest BCUT2D eigenvalue weighted by Crippen LogP contribution is -2.31. The third-order valence-corrected chi connectivity index (χ3v) is 3.19. The van der Waals surface area contributed by atoms with Crippen molar-refractivity contribution in [3.63, 3.8) is 0 Å². The van der Waals surface area contributed by atoms with Gasteiger partial charge in [0.2, 0.25) is 0 Å². The van der Waals surface area contributed by atoms with Crippen molar-refractivity contribution < 1.29 is 4.55 Å². The van der Waals surface area contributed by atoms with Crippen molar-refractivity contribution in [1.82, 2.24) is 10.6 Å². The summed E-state index contributed by atoms with van der Waals surface area (Å²) in [4.78, 5) is 0. The van der Waals surface area contributed by atoms with E-state index in [-0.39, 0.29) is 0 Å². The Morgan fingerprint density at radius 1 is 1.33 bits per heavy atom. The van der Waals surface area contributed by atoms with Crippen molar-refractivity contribution in [2.45, 2.75) is 12.1 Å². The molecule has 2 aliphatic rings. The third-order valence-electron chi connectivity index (χ3n) is 1.73. The maximum Gasteiger partial charge on any atom is 0.141 e. The van der Waals surface area contributed by atoms with E-state index in [1.54, 1.807) is 0 Å². The minimum absolute atomic E-state index is 0.380. The minimum atomic E-state index is -0.597. The quantitative estimate of drug-likeness (QED) is 0.414. The molecular weight excluding hydrogens is 136 g/mol. The molecule has 0 aromatic rings. The normalized spacial score (nSPS) is 49.7. The van der Waals surface area contributed by atoms with Crippen LogP contribution in [0.3, 0.4) is 0 Å².